The molecule has 0 aliphatic heterocycles. The number of carbonyl (C=O) groups is 1. The van der Waals surface area contributed by atoms with Crippen molar-refractivity contribution in [2.24, 2.45) is 0 Å². The van der Waals surface area contributed by atoms with Crippen LogP contribution < -0.4 is 10.4 Å². The second-order valence-electron chi connectivity index (χ2n) is 5.70. The van der Waals surface area contributed by atoms with Crippen LogP contribution in [-0.2, 0) is 10.0 Å². The lowest BCUT2D eigenvalue weighted by molar-refractivity contribution is 0.0833. The fraction of sp³-hybridized carbons (Fsp3) is 0.111. The van der Waals surface area contributed by atoms with Crippen molar-refractivity contribution in [1.29, 1.82) is 0 Å². The Morgan fingerprint density at radius 3 is 2.30 bits per heavy atom. The first-order valence-electron chi connectivity index (χ1n) is 7.83. The van der Waals surface area contributed by atoms with Crippen molar-refractivity contribution < 1.29 is 17.9 Å². The first-order chi connectivity index (χ1) is 12.8. The Hall–Kier alpha value is -2.84. The molecule has 0 fully saturated rings. The maximum atomic E-state index is 12.6. The standard InChI is InChI=1S/C18H15ClN2O5S/c1-13-2-8-16(9-3-13)27(24,25)21-11-10-20(18(21)23)17(22)12-26-15-6-4-14(19)5-7-15/h2-11H,12H2,1H3. The van der Waals surface area contributed by atoms with Gasteiger partial charge in [-0.1, -0.05) is 29.3 Å². The molecule has 0 N–H and O–H groups in total. The predicted octanol–water partition coefficient (Wildman–Crippen LogP) is 2.57. The van der Waals surface area contributed by atoms with E-state index in [-0.39, 0.29) is 4.90 Å². The molecule has 0 saturated carbocycles. The van der Waals surface area contributed by atoms with Gasteiger partial charge in [-0.25, -0.2) is 17.8 Å². The van der Waals surface area contributed by atoms with Gasteiger partial charge in [-0.3, -0.25) is 4.79 Å². The second-order valence-corrected chi connectivity index (χ2v) is 7.95. The van der Waals surface area contributed by atoms with Crippen LogP contribution in [0.2, 0.25) is 5.02 Å². The number of benzene rings is 2. The molecule has 140 valence electrons. The van der Waals surface area contributed by atoms with E-state index in [1.165, 1.54) is 12.1 Å². The highest BCUT2D eigenvalue weighted by atomic mass is 35.5. The number of rotatable bonds is 5. The molecule has 0 aliphatic carbocycles. The Bertz CT molecular complexity index is 1130. The number of ether oxygens (including phenoxy) is 1. The highest BCUT2D eigenvalue weighted by molar-refractivity contribution is 7.90. The summed E-state index contributed by atoms with van der Waals surface area (Å²) in [5.74, 6) is -0.305. The maximum absolute atomic E-state index is 12.6. The van der Waals surface area contributed by atoms with Gasteiger partial charge in [0.2, 0.25) is 0 Å². The topological polar surface area (TPSA) is 87.4 Å². The fourth-order valence-corrected chi connectivity index (χ4v) is 3.64. The number of imidazole rings is 1. The number of hydrogen-bond donors (Lipinski definition) is 0. The van der Waals surface area contributed by atoms with Crippen LogP contribution in [0.15, 0.2) is 70.6 Å². The van der Waals surface area contributed by atoms with Gasteiger partial charge < -0.3 is 4.74 Å². The van der Waals surface area contributed by atoms with Crippen LogP contribution in [-0.4, -0.2) is 29.5 Å². The molecule has 27 heavy (non-hydrogen) atoms. The van der Waals surface area contributed by atoms with Gasteiger partial charge >= 0.3 is 5.69 Å². The monoisotopic (exact) mass is 406 g/mol. The number of aromatic nitrogens is 2. The van der Waals surface area contributed by atoms with E-state index in [2.05, 4.69) is 0 Å². The predicted molar refractivity (Wildman–Crippen MR) is 100 cm³/mol. The van der Waals surface area contributed by atoms with Crippen molar-refractivity contribution in [3.8, 4) is 5.75 Å². The van der Waals surface area contributed by atoms with Crippen LogP contribution in [0.5, 0.6) is 5.75 Å². The molecular formula is C18H15ClN2O5S. The molecule has 0 bridgehead atoms. The van der Waals surface area contributed by atoms with Gasteiger partial charge in [0.1, 0.15) is 5.75 Å². The van der Waals surface area contributed by atoms with E-state index < -0.39 is 28.2 Å². The summed E-state index contributed by atoms with van der Waals surface area (Å²) in [5, 5.41) is 0.517. The average molecular weight is 407 g/mol. The molecule has 3 aromatic rings. The second kappa shape index (κ2) is 7.42. The van der Waals surface area contributed by atoms with Crippen LogP contribution in [0.1, 0.15) is 10.4 Å². The highest BCUT2D eigenvalue weighted by Gasteiger charge is 2.22. The van der Waals surface area contributed by atoms with E-state index >= 15 is 0 Å². The van der Waals surface area contributed by atoms with Crippen molar-refractivity contribution in [1.82, 2.24) is 8.54 Å². The summed E-state index contributed by atoms with van der Waals surface area (Å²) in [6.45, 7) is 1.38. The molecule has 3 rings (SSSR count). The highest BCUT2D eigenvalue weighted by Crippen LogP contribution is 2.16. The SMILES string of the molecule is Cc1ccc(S(=O)(=O)n2ccn(C(=O)COc3ccc(Cl)cc3)c2=O)cc1. The molecule has 1 aromatic heterocycles. The minimum atomic E-state index is -4.10. The third kappa shape index (κ3) is 3.96. The van der Waals surface area contributed by atoms with Gasteiger partial charge in [0, 0.05) is 17.4 Å². The van der Waals surface area contributed by atoms with Crippen LogP contribution in [0.3, 0.4) is 0 Å². The van der Waals surface area contributed by atoms with Crippen molar-refractivity contribution in [2.45, 2.75) is 11.8 Å². The van der Waals surface area contributed by atoms with Gasteiger partial charge in [-0.15, -0.1) is 0 Å². The van der Waals surface area contributed by atoms with Crippen LogP contribution >= 0.6 is 11.6 Å². The molecule has 1 heterocycles. The van der Waals surface area contributed by atoms with Gasteiger partial charge in [-0.05, 0) is 43.3 Å². The van der Waals surface area contributed by atoms with E-state index in [0.717, 1.165) is 18.0 Å². The van der Waals surface area contributed by atoms with Crippen molar-refractivity contribution in [2.75, 3.05) is 6.61 Å². The molecule has 2 aromatic carbocycles. The molecule has 9 heteroatoms. The Morgan fingerprint density at radius 2 is 1.67 bits per heavy atom. The molecule has 0 saturated heterocycles. The van der Waals surface area contributed by atoms with E-state index in [4.69, 9.17) is 16.3 Å². The molecule has 0 unspecified atom stereocenters. The number of halogens is 1. The van der Waals surface area contributed by atoms with Crippen LogP contribution in [0, 0.1) is 6.92 Å². The van der Waals surface area contributed by atoms with Gasteiger partial charge in [0.05, 0.1) is 4.90 Å². The lowest BCUT2D eigenvalue weighted by Gasteiger charge is -2.06. The van der Waals surface area contributed by atoms with Crippen LogP contribution in [0.25, 0.3) is 0 Å². The molecule has 0 aliphatic rings. The van der Waals surface area contributed by atoms with Crippen molar-refractivity contribution in [3.63, 3.8) is 0 Å². The molecule has 0 radical (unpaired) electrons. The Morgan fingerprint density at radius 1 is 1.04 bits per heavy atom. The Balaban J connectivity index is 1.82. The van der Waals surface area contributed by atoms with Crippen molar-refractivity contribution >= 4 is 27.5 Å². The molecule has 0 atom stereocenters. The minimum Gasteiger partial charge on any atom is -0.484 e. The van der Waals surface area contributed by atoms with E-state index in [1.54, 1.807) is 36.4 Å². The van der Waals surface area contributed by atoms with E-state index in [0.29, 0.717) is 19.3 Å². The first kappa shape index (κ1) is 18.9. The lowest BCUT2D eigenvalue weighted by Crippen LogP contribution is -2.34. The zero-order valence-corrected chi connectivity index (χ0v) is 15.8. The molecule has 0 spiro atoms. The fourth-order valence-electron chi connectivity index (χ4n) is 2.30. The molecule has 7 nitrogen and oxygen atoms in total. The largest absolute Gasteiger partial charge is 0.484 e. The zero-order valence-electron chi connectivity index (χ0n) is 14.2. The summed E-state index contributed by atoms with van der Waals surface area (Å²) >= 11 is 5.77. The van der Waals surface area contributed by atoms with Gasteiger partial charge in [0.15, 0.2) is 6.61 Å². The summed E-state index contributed by atoms with van der Waals surface area (Å²) in [4.78, 5) is 24.6. The summed E-state index contributed by atoms with van der Waals surface area (Å²) in [7, 11) is -4.10. The quantitative estimate of drug-likeness (QED) is 0.649. The van der Waals surface area contributed by atoms with Crippen molar-refractivity contribution in [3.05, 3.63) is 82.0 Å². The van der Waals surface area contributed by atoms with Crippen LogP contribution in [0.4, 0.5) is 0 Å². The smallest absolute Gasteiger partial charge is 0.349 e. The Kier molecular flexibility index (Phi) is 5.20. The molecule has 0 amide bonds. The van der Waals surface area contributed by atoms with E-state index in [1.807, 2.05) is 6.92 Å². The first-order valence-corrected chi connectivity index (χ1v) is 9.64. The lowest BCUT2D eigenvalue weighted by atomic mass is 10.2. The number of aryl methyl sites for hydroxylation is 1. The summed E-state index contributed by atoms with van der Waals surface area (Å²) in [6.07, 6.45) is 2.14. The normalized spacial score (nSPS) is 11.3. The maximum Gasteiger partial charge on any atom is 0.349 e. The van der Waals surface area contributed by atoms with E-state index in [9.17, 15) is 18.0 Å². The average Bonchev–Trinajstić information content (AvgIpc) is 3.03. The third-order valence-corrected chi connectivity index (χ3v) is 5.68. The minimum absolute atomic E-state index is 0.0437. The number of nitrogens with zero attached hydrogens (tertiary/aromatic N) is 2. The van der Waals surface area contributed by atoms with Gasteiger partial charge in [-0.2, -0.15) is 3.97 Å². The zero-order chi connectivity index (χ0) is 19.6. The van der Waals surface area contributed by atoms with Gasteiger partial charge in [0.25, 0.3) is 15.9 Å². The summed E-state index contributed by atoms with van der Waals surface area (Å²) in [5.41, 5.74) is -0.103. The summed E-state index contributed by atoms with van der Waals surface area (Å²) < 4.78 is 31.7. The third-order valence-electron chi connectivity index (χ3n) is 3.77. The Labute approximate surface area is 160 Å². The number of hydrogen-bond acceptors (Lipinski definition) is 5. The number of carbonyl (C=O) groups excluding carboxylic acids is 1. The molecular weight excluding hydrogens is 392 g/mol. The summed E-state index contributed by atoms with van der Waals surface area (Å²) in [6, 6.07) is 12.4.